The zero-order valence-corrected chi connectivity index (χ0v) is 17.9. The summed E-state index contributed by atoms with van der Waals surface area (Å²) in [7, 11) is 0. The Morgan fingerprint density at radius 3 is 2.76 bits per heavy atom. The molecule has 1 unspecified atom stereocenters. The second-order valence-electron chi connectivity index (χ2n) is 5.49. The lowest BCUT2D eigenvalue weighted by atomic mass is 10.1. The molecule has 0 bridgehead atoms. The van der Waals surface area contributed by atoms with Crippen molar-refractivity contribution in [1.82, 2.24) is 15.2 Å². The van der Waals surface area contributed by atoms with Crippen molar-refractivity contribution in [2.75, 3.05) is 24.6 Å². The Bertz CT molecular complexity index is 848. The molecule has 2 aliphatic heterocycles. The summed E-state index contributed by atoms with van der Waals surface area (Å²) in [5.41, 5.74) is 11.2. The lowest BCUT2D eigenvalue weighted by Crippen LogP contribution is -2.69. The number of rotatable bonds is 7. The van der Waals surface area contributed by atoms with Crippen molar-refractivity contribution >= 4 is 76.5 Å². The topological polar surface area (TPSA) is 173 Å². The molecule has 0 saturated carbocycles. The average molecular weight is 485 g/mol. The van der Waals surface area contributed by atoms with Crippen molar-refractivity contribution in [1.29, 1.82) is 0 Å². The van der Waals surface area contributed by atoms with E-state index in [1.54, 1.807) is 5.38 Å². The maximum absolute atomic E-state index is 12.6. The Morgan fingerprint density at radius 1 is 1.45 bits per heavy atom. The van der Waals surface area contributed by atoms with Crippen LogP contribution in [0, 0.1) is 0 Å². The molecule has 160 valence electrons. The third-order valence-corrected chi connectivity index (χ3v) is 5.68. The van der Waals surface area contributed by atoms with Gasteiger partial charge in [-0.05, 0) is 0 Å². The number of halogens is 2. The maximum atomic E-state index is 12.6. The Kier molecular flexibility index (Phi) is 9.16. The van der Waals surface area contributed by atoms with Crippen LogP contribution in [-0.4, -0.2) is 68.8 Å². The number of nitrogen functional groups attached to an aromatic ring is 1. The van der Waals surface area contributed by atoms with E-state index in [2.05, 4.69) is 15.5 Å². The molecule has 15 heteroatoms. The fourth-order valence-corrected chi connectivity index (χ4v) is 4.20. The van der Waals surface area contributed by atoms with Crippen LogP contribution in [0.2, 0.25) is 0 Å². The molecule has 11 nitrogen and oxygen atoms in total. The second kappa shape index (κ2) is 10.6. The minimum absolute atomic E-state index is 0. The van der Waals surface area contributed by atoms with Crippen molar-refractivity contribution in [2.45, 2.75) is 11.4 Å². The number of hydrogen-bond donors (Lipinski definition) is 4. The number of nitrogens with one attached hydrogen (secondary N) is 1. The van der Waals surface area contributed by atoms with E-state index in [4.69, 9.17) is 21.4 Å². The van der Waals surface area contributed by atoms with Crippen molar-refractivity contribution in [3.8, 4) is 0 Å². The molecule has 0 radical (unpaired) electrons. The zero-order chi connectivity index (χ0) is 19.6. The number of carbonyl (C=O) groups excluding carboxylic acids is 2. The van der Waals surface area contributed by atoms with E-state index in [-0.39, 0.29) is 71.2 Å². The van der Waals surface area contributed by atoms with E-state index >= 15 is 0 Å². The number of anilines is 1. The van der Waals surface area contributed by atoms with Crippen molar-refractivity contribution < 1.29 is 24.3 Å². The van der Waals surface area contributed by atoms with Gasteiger partial charge in [-0.1, -0.05) is 5.16 Å². The molecule has 6 N–H and O–H groups in total. The molecule has 2 aliphatic rings. The molecule has 0 aromatic carbocycles. The predicted octanol–water partition coefficient (Wildman–Crippen LogP) is -0.383. The minimum atomic E-state index is -1.08. The number of nitrogens with two attached hydrogens (primary N) is 2. The van der Waals surface area contributed by atoms with E-state index in [1.165, 1.54) is 22.9 Å². The number of nitrogens with zero attached hydrogens (tertiary/aromatic N) is 3. The summed E-state index contributed by atoms with van der Waals surface area (Å²) in [6.07, 6.45) is 1.30. The molecule has 3 rings (SSSR count). The highest BCUT2D eigenvalue weighted by Gasteiger charge is 2.50. The van der Waals surface area contributed by atoms with Gasteiger partial charge in [-0.3, -0.25) is 9.59 Å². The smallest absolute Gasteiger partial charge is 0.333 e. The van der Waals surface area contributed by atoms with Gasteiger partial charge in [0.05, 0.1) is 5.57 Å². The number of thioether (sulfide) groups is 1. The lowest BCUT2D eigenvalue weighted by molar-refractivity contribution is -0.144. The van der Waals surface area contributed by atoms with Crippen LogP contribution in [0.5, 0.6) is 0 Å². The van der Waals surface area contributed by atoms with Crippen LogP contribution in [-0.2, 0) is 19.2 Å². The standard InChI is InChI=1S/C14H16N6O5S2.2ClH/c15-1-2-25-19-8(7-5-27-14(16)17-7)10(21)18-9-11(22)20-3-6(13(23)24)4-26-12(9)20;;/h3,5,9,12H,1-2,4,15H2,(H2,16,17)(H,18,21)(H,23,24);2*1H/t9?,12-;;/m1../s1. The summed E-state index contributed by atoms with van der Waals surface area (Å²) in [6, 6.07) is -0.801. The number of amides is 2. The van der Waals surface area contributed by atoms with E-state index in [1.807, 2.05) is 0 Å². The summed E-state index contributed by atoms with van der Waals surface area (Å²) < 4.78 is 0. The van der Waals surface area contributed by atoms with Gasteiger partial charge in [-0.25, -0.2) is 9.78 Å². The number of carboxylic acid groups (broad SMARTS) is 1. The van der Waals surface area contributed by atoms with Crippen LogP contribution in [0.15, 0.2) is 22.3 Å². The Balaban J connectivity index is 0.00000210. The summed E-state index contributed by atoms with van der Waals surface area (Å²) >= 11 is 2.39. The van der Waals surface area contributed by atoms with Crippen LogP contribution in [0.1, 0.15) is 5.69 Å². The Labute approximate surface area is 185 Å². The van der Waals surface area contributed by atoms with Crippen LogP contribution in [0.3, 0.4) is 0 Å². The van der Waals surface area contributed by atoms with Gasteiger partial charge in [0.25, 0.3) is 11.8 Å². The maximum Gasteiger partial charge on any atom is 0.333 e. The first-order chi connectivity index (χ1) is 12.9. The fourth-order valence-electron chi connectivity index (χ4n) is 2.40. The van der Waals surface area contributed by atoms with Crippen molar-refractivity contribution in [3.63, 3.8) is 0 Å². The van der Waals surface area contributed by atoms with Crippen LogP contribution in [0.25, 0.3) is 0 Å². The number of carbonyl (C=O) groups is 3. The number of carboxylic acids is 1. The molecule has 1 aromatic rings. The summed E-state index contributed by atoms with van der Waals surface area (Å²) in [5, 5.41) is 16.8. The number of hydrogen-bond acceptors (Lipinski definition) is 10. The van der Waals surface area contributed by atoms with Crippen LogP contribution >= 0.6 is 47.9 Å². The van der Waals surface area contributed by atoms with Gasteiger partial charge in [0, 0.05) is 23.9 Å². The molecular weight excluding hydrogens is 467 g/mol. The summed E-state index contributed by atoms with van der Waals surface area (Å²) in [5.74, 6) is -1.89. The number of oxime groups is 1. The third kappa shape index (κ3) is 5.30. The van der Waals surface area contributed by atoms with Crippen molar-refractivity contribution in [3.05, 3.63) is 22.8 Å². The van der Waals surface area contributed by atoms with Gasteiger partial charge in [-0.15, -0.1) is 47.9 Å². The quantitative estimate of drug-likeness (QED) is 0.174. The molecule has 2 atom stereocenters. The van der Waals surface area contributed by atoms with Crippen LogP contribution in [0.4, 0.5) is 5.13 Å². The van der Waals surface area contributed by atoms with E-state index in [9.17, 15) is 14.4 Å². The molecule has 2 amide bonds. The molecule has 29 heavy (non-hydrogen) atoms. The molecule has 0 spiro atoms. The number of β-lactam (4-membered cyclic amide) rings is 1. The molecule has 0 aliphatic carbocycles. The van der Waals surface area contributed by atoms with E-state index in [0.717, 1.165) is 11.3 Å². The van der Waals surface area contributed by atoms with Gasteiger partial charge in [0.2, 0.25) is 0 Å². The second-order valence-corrected chi connectivity index (χ2v) is 7.49. The van der Waals surface area contributed by atoms with Crippen molar-refractivity contribution in [2.24, 2.45) is 10.9 Å². The van der Waals surface area contributed by atoms with Gasteiger partial charge < -0.3 is 31.6 Å². The molecule has 3 heterocycles. The van der Waals surface area contributed by atoms with Gasteiger partial charge in [-0.2, -0.15) is 0 Å². The Morgan fingerprint density at radius 2 is 2.17 bits per heavy atom. The Hall–Kier alpha value is -2.06. The first-order valence-electron chi connectivity index (χ1n) is 7.72. The highest BCUT2D eigenvalue weighted by molar-refractivity contribution is 8.00. The van der Waals surface area contributed by atoms with Crippen LogP contribution < -0.4 is 16.8 Å². The summed E-state index contributed by atoms with van der Waals surface area (Å²) in [6.45, 7) is 0.318. The molecule has 1 saturated heterocycles. The minimum Gasteiger partial charge on any atom is -0.478 e. The predicted molar refractivity (Wildman–Crippen MR) is 113 cm³/mol. The van der Waals surface area contributed by atoms with E-state index < -0.39 is 23.8 Å². The highest BCUT2D eigenvalue weighted by Crippen LogP contribution is 2.36. The molecule has 1 fully saturated rings. The number of aromatic nitrogens is 1. The fraction of sp³-hybridized carbons (Fsp3) is 0.357. The first kappa shape index (κ1) is 25.0. The molecule has 1 aromatic heterocycles. The van der Waals surface area contributed by atoms with Gasteiger partial charge in [0.1, 0.15) is 23.7 Å². The normalized spacial score (nSPS) is 20.3. The third-order valence-electron chi connectivity index (χ3n) is 3.69. The number of aliphatic carboxylic acids is 1. The molecular formula is C14H18Cl2N6O5S2. The first-order valence-corrected chi connectivity index (χ1v) is 9.65. The lowest BCUT2D eigenvalue weighted by Gasteiger charge is -2.46. The zero-order valence-electron chi connectivity index (χ0n) is 14.6. The number of thiazole rings is 1. The SMILES string of the molecule is Cl.Cl.NCCON=C(C(=O)NC1C(=O)N2C=C(C(=O)O)CS[C@H]12)c1csc(N)n1. The largest absolute Gasteiger partial charge is 0.478 e. The average Bonchev–Trinajstić information content (AvgIpc) is 3.08. The van der Waals surface area contributed by atoms with Gasteiger partial charge in [0.15, 0.2) is 10.8 Å². The number of fused-ring (bicyclic) bond motifs is 1. The highest BCUT2D eigenvalue weighted by atomic mass is 35.5. The summed E-state index contributed by atoms with van der Waals surface area (Å²) in [4.78, 5) is 46.2. The monoisotopic (exact) mass is 484 g/mol. The van der Waals surface area contributed by atoms with E-state index in [0.29, 0.717) is 0 Å². The van der Waals surface area contributed by atoms with Gasteiger partial charge >= 0.3 is 5.97 Å².